The van der Waals surface area contributed by atoms with Crippen LogP contribution in [-0.4, -0.2) is 56.8 Å². The molecule has 1 saturated carbocycles. The molecule has 2 fully saturated rings. The summed E-state index contributed by atoms with van der Waals surface area (Å²) in [5.41, 5.74) is 1.47. The summed E-state index contributed by atoms with van der Waals surface area (Å²) in [7, 11) is -1.98. The molecular weight excluding hydrogens is 328 g/mol. The molecule has 1 amide bonds. The fraction of sp³-hybridized carbons (Fsp3) is 0.588. The summed E-state index contributed by atoms with van der Waals surface area (Å²) >= 11 is 0. The SMILES string of the molecule is COc1cc(C)c(S(=O)(=O)N2CCN(C(=O)C3CC3)CC2)cc1C. The number of nitrogens with zero attached hydrogens (tertiary/aromatic N) is 2. The van der Waals surface area contributed by atoms with Gasteiger partial charge in [-0.1, -0.05) is 0 Å². The number of hydrogen-bond donors (Lipinski definition) is 0. The monoisotopic (exact) mass is 352 g/mol. The predicted octanol–water partition coefficient (Wildman–Crippen LogP) is 1.55. The Labute approximate surface area is 143 Å². The molecule has 0 bridgehead atoms. The van der Waals surface area contributed by atoms with Crippen molar-refractivity contribution >= 4 is 15.9 Å². The average molecular weight is 352 g/mol. The van der Waals surface area contributed by atoms with E-state index in [0.29, 0.717) is 42.4 Å². The van der Waals surface area contributed by atoms with Gasteiger partial charge in [0.05, 0.1) is 12.0 Å². The summed E-state index contributed by atoms with van der Waals surface area (Å²) in [6.07, 6.45) is 1.95. The number of rotatable bonds is 4. The van der Waals surface area contributed by atoms with E-state index in [4.69, 9.17) is 4.74 Å². The van der Waals surface area contributed by atoms with Crippen LogP contribution in [0.5, 0.6) is 5.75 Å². The second kappa shape index (κ2) is 6.37. The van der Waals surface area contributed by atoms with Gasteiger partial charge in [-0.15, -0.1) is 0 Å². The molecule has 1 aliphatic carbocycles. The highest BCUT2D eigenvalue weighted by atomic mass is 32.2. The molecule has 2 aliphatic rings. The van der Waals surface area contributed by atoms with Crippen molar-refractivity contribution < 1.29 is 17.9 Å². The van der Waals surface area contributed by atoms with Crippen molar-refractivity contribution in [3.63, 3.8) is 0 Å². The molecule has 0 N–H and O–H groups in total. The number of aryl methyl sites for hydroxylation is 2. The van der Waals surface area contributed by atoms with Gasteiger partial charge in [-0.25, -0.2) is 8.42 Å². The van der Waals surface area contributed by atoms with E-state index in [1.54, 1.807) is 31.1 Å². The Morgan fingerprint density at radius 2 is 1.71 bits per heavy atom. The van der Waals surface area contributed by atoms with Crippen LogP contribution in [-0.2, 0) is 14.8 Å². The average Bonchev–Trinajstić information content (AvgIpc) is 3.41. The number of amides is 1. The maximum atomic E-state index is 13.0. The lowest BCUT2D eigenvalue weighted by molar-refractivity contribution is -0.133. The molecule has 0 aromatic heterocycles. The lowest BCUT2D eigenvalue weighted by Gasteiger charge is -2.34. The van der Waals surface area contributed by atoms with Crippen LogP contribution in [0.4, 0.5) is 0 Å². The van der Waals surface area contributed by atoms with Gasteiger partial charge in [0.1, 0.15) is 5.75 Å². The predicted molar refractivity (Wildman–Crippen MR) is 90.5 cm³/mol. The maximum absolute atomic E-state index is 13.0. The minimum Gasteiger partial charge on any atom is -0.496 e. The molecule has 0 atom stereocenters. The van der Waals surface area contributed by atoms with E-state index in [9.17, 15) is 13.2 Å². The molecule has 24 heavy (non-hydrogen) atoms. The van der Waals surface area contributed by atoms with Crippen molar-refractivity contribution in [1.82, 2.24) is 9.21 Å². The Kier molecular flexibility index (Phi) is 4.57. The normalized spacial score (nSPS) is 19.4. The number of sulfonamides is 1. The number of carbonyl (C=O) groups excluding carboxylic acids is 1. The number of hydrogen-bond acceptors (Lipinski definition) is 4. The largest absolute Gasteiger partial charge is 0.496 e. The highest BCUT2D eigenvalue weighted by molar-refractivity contribution is 7.89. The Hall–Kier alpha value is -1.60. The van der Waals surface area contributed by atoms with E-state index in [1.807, 2.05) is 6.92 Å². The number of piperazine rings is 1. The van der Waals surface area contributed by atoms with Crippen molar-refractivity contribution in [1.29, 1.82) is 0 Å². The first-order valence-corrected chi connectivity index (χ1v) is 9.72. The smallest absolute Gasteiger partial charge is 0.243 e. The van der Waals surface area contributed by atoms with E-state index >= 15 is 0 Å². The fourth-order valence-corrected chi connectivity index (χ4v) is 4.85. The second-order valence-electron chi connectivity index (χ2n) is 6.59. The first-order chi connectivity index (χ1) is 11.3. The van der Waals surface area contributed by atoms with Crippen LogP contribution < -0.4 is 4.74 Å². The fourth-order valence-electron chi connectivity index (χ4n) is 3.14. The van der Waals surface area contributed by atoms with E-state index in [0.717, 1.165) is 18.4 Å². The quantitative estimate of drug-likeness (QED) is 0.825. The van der Waals surface area contributed by atoms with E-state index in [2.05, 4.69) is 0 Å². The van der Waals surface area contributed by atoms with Gasteiger partial charge in [0.25, 0.3) is 0 Å². The van der Waals surface area contributed by atoms with Gasteiger partial charge in [0, 0.05) is 32.1 Å². The topological polar surface area (TPSA) is 66.9 Å². The Morgan fingerprint density at radius 1 is 1.08 bits per heavy atom. The molecule has 3 rings (SSSR count). The van der Waals surface area contributed by atoms with E-state index < -0.39 is 10.0 Å². The van der Waals surface area contributed by atoms with Crippen LogP contribution in [0.3, 0.4) is 0 Å². The molecule has 0 spiro atoms. The molecular formula is C17H24N2O4S. The summed E-state index contributed by atoms with van der Waals surface area (Å²) in [6, 6.07) is 3.43. The van der Waals surface area contributed by atoms with Crippen LogP contribution in [0.1, 0.15) is 24.0 Å². The Bertz CT molecular complexity index is 748. The van der Waals surface area contributed by atoms with Gasteiger partial charge in [0.2, 0.25) is 15.9 Å². The summed E-state index contributed by atoms with van der Waals surface area (Å²) in [4.78, 5) is 14.2. The lowest BCUT2D eigenvalue weighted by Crippen LogP contribution is -2.51. The summed E-state index contributed by atoms with van der Waals surface area (Å²) in [6.45, 7) is 5.27. The molecule has 1 saturated heterocycles. The van der Waals surface area contributed by atoms with Gasteiger partial charge < -0.3 is 9.64 Å². The standard InChI is InChI=1S/C17H24N2O4S/c1-12-11-16(13(2)10-15(12)23-3)24(21,22)19-8-6-18(7-9-19)17(20)14-4-5-14/h10-11,14H,4-9H2,1-3H3. The van der Waals surface area contributed by atoms with Crippen LogP contribution in [0, 0.1) is 19.8 Å². The van der Waals surface area contributed by atoms with Crippen molar-refractivity contribution in [3.05, 3.63) is 23.3 Å². The third-order valence-corrected chi connectivity index (χ3v) is 6.83. The zero-order valence-electron chi connectivity index (χ0n) is 14.4. The van der Waals surface area contributed by atoms with Crippen molar-refractivity contribution in [2.24, 2.45) is 5.92 Å². The number of carbonyl (C=O) groups is 1. The summed E-state index contributed by atoms with van der Waals surface area (Å²) < 4.78 is 32.7. The minimum atomic E-state index is -3.55. The molecule has 6 nitrogen and oxygen atoms in total. The molecule has 1 aliphatic heterocycles. The van der Waals surface area contributed by atoms with Crippen molar-refractivity contribution in [3.8, 4) is 5.75 Å². The molecule has 0 radical (unpaired) electrons. The highest BCUT2D eigenvalue weighted by Gasteiger charge is 2.37. The Morgan fingerprint density at radius 3 is 2.25 bits per heavy atom. The molecule has 1 aromatic carbocycles. The molecule has 1 aromatic rings. The summed E-state index contributed by atoms with van der Waals surface area (Å²) in [5.74, 6) is 1.05. The van der Waals surface area contributed by atoms with Gasteiger partial charge in [-0.3, -0.25) is 4.79 Å². The first kappa shape index (κ1) is 17.2. The van der Waals surface area contributed by atoms with Gasteiger partial charge >= 0.3 is 0 Å². The third kappa shape index (κ3) is 3.15. The van der Waals surface area contributed by atoms with Gasteiger partial charge in [-0.05, 0) is 49.9 Å². The number of methoxy groups -OCH3 is 1. The zero-order chi connectivity index (χ0) is 17.5. The summed E-state index contributed by atoms with van der Waals surface area (Å²) in [5, 5.41) is 0. The minimum absolute atomic E-state index is 0.180. The van der Waals surface area contributed by atoms with Gasteiger partial charge in [-0.2, -0.15) is 4.31 Å². The first-order valence-electron chi connectivity index (χ1n) is 8.28. The maximum Gasteiger partial charge on any atom is 0.243 e. The van der Waals surface area contributed by atoms with Gasteiger partial charge in [0.15, 0.2) is 0 Å². The van der Waals surface area contributed by atoms with Crippen LogP contribution >= 0.6 is 0 Å². The molecule has 7 heteroatoms. The lowest BCUT2D eigenvalue weighted by atomic mass is 10.1. The van der Waals surface area contributed by atoms with E-state index in [1.165, 1.54) is 4.31 Å². The van der Waals surface area contributed by atoms with Crippen molar-refractivity contribution in [2.45, 2.75) is 31.6 Å². The molecule has 1 heterocycles. The number of benzene rings is 1. The third-order valence-electron chi connectivity index (χ3n) is 4.79. The molecule has 132 valence electrons. The zero-order valence-corrected chi connectivity index (χ0v) is 15.2. The van der Waals surface area contributed by atoms with Crippen LogP contribution in [0.2, 0.25) is 0 Å². The van der Waals surface area contributed by atoms with E-state index in [-0.39, 0.29) is 11.8 Å². The highest BCUT2D eigenvalue weighted by Crippen LogP contribution is 2.32. The van der Waals surface area contributed by atoms with Crippen LogP contribution in [0.15, 0.2) is 17.0 Å². The Balaban J connectivity index is 1.77. The molecule has 0 unspecified atom stereocenters. The second-order valence-corrected chi connectivity index (χ2v) is 8.50. The van der Waals surface area contributed by atoms with Crippen molar-refractivity contribution in [2.75, 3.05) is 33.3 Å². The number of ether oxygens (including phenoxy) is 1. The van der Waals surface area contributed by atoms with Crippen LogP contribution in [0.25, 0.3) is 0 Å².